The molecule has 3 aromatic rings. The summed E-state index contributed by atoms with van der Waals surface area (Å²) < 4.78 is 57.0. The van der Waals surface area contributed by atoms with E-state index in [1.807, 2.05) is 33.8 Å². The van der Waals surface area contributed by atoms with Crippen molar-refractivity contribution < 1.29 is 37.0 Å². The zero-order valence-corrected chi connectivity index (χ0v) is 26.3. The molecule has 0 bridgehead atoms. The van der Waals surface area contributed by atoms with E-state index in [-0.39, 0.29) is 17.8 Å². The van der Waals surface area contributed by atoms with Crippen molar-refractivity contribution in [2.75, 3.05) is 49.6 Å². The van der Waals surface area contributed by atoms with Crippen molar-refractivity contribution in [2.24, 2.45) is 0 Å². The van der Waals surface area contributed by atoms with Crippen molar-refractivity contribution in [2.45, 2.75) is 58.4 Å². The van der Waals surface area contributed by atoms with Gasteiger partial charge in [-0.05, 0) is 58.0 Å². The van der Waals surface area contributed by atoms with Crippen LogP contribution in [0.2, 0.25) is 0 Å². The zero-order valence-electron chi connectivity index (χ0n) is 26.3. The number of alkyl halides is 3. The lowest BCUT2D eigenvalue weighted by Gasteiger charge is -2.37. The van der Waals surface area contributed by atoms with Gasteiger partial charge in [0.1, 0.15) is 17.4 Å². The van der Waals surface area contributed by atoms with Crippen LogP contribution in [0.15, 0.2) is 48.8 Å². The van der Waals surface area contributed by atoms with Crippen LogP contribution in [0.1, 0.15) is 55.2 Å². The van der Waals surface area contributed by atoms with E-state index >= 15 is 0 Å². The second-order valence-electron chi connectivity index (χ2n) is 12.3. The minimum absolute atomic E-state index is 0.0494. The number of aryl methyl sites for hydroxylation is 1. The van der Waals surface area contributed by atoms with Gasteiger partial charge in [-0.1, -0.05) is 6.07 Å². The van der Waals surface area contributed by atoms with E-state index in [0.29, 0.717) is 67.8 Å². The van der Waals surface area contributed by atoms with Crippen molar-refractivity contribution in [1.29, 1.82) is 0 Å². The number of rotatable bonds is 6. The highest BCUT2D eigenvalue weighted by atomic mass is 19.4. The SMILES string of the molecule is Cc1ncc(NC(=O)c2cccc(C(F)(F)F)c2)cc1-c1cnc(OC2CCOCC2)c(N2CCN(C(=O)OC(C)(C)C)CC2)c1. The number of nitrogens with zero attached hydrogens (tertiary/aromatic N) is 4. The highest BCUT2D eigenvalue weighted by molar-refractivity contribution is 6.04. The van der Waals surface area contributed by atoms with Crippen molar-refractivity contribution in [3.63, 3.8) is 0 Å². The van der Waals surface area contributed by atoms with Gasteiger partial charge in [-0.3, -0.25) is 9.78 Å². The summed E-state index contributed by atoms with van der Waals surface area (Å²) >= 11 is 0. The first-order chi connectivity index (χ1) is 21.8. The van der Waals surface area contributed by atoms with E-state index in [9.17, 15) is 22.8 Å². The second-order valence-corrected chi connectivity index (χ2v) is 12.3. The molecule has 2 aliphatic heterocycles. The molecule has 0 unspecified atom stereocenters. The molecule has 2 saturated heterocycles. The summed E-state index contributed by atoms with van der Waals surface area (Å²) in [6.07, 6.45) is -0.357. The number of amides is 2. The van der Waals surface area contributed by atoms with Crippen LogP contribution in [0.5, 0.6) is 5.88 Å². The quantitative estimate of drug-likeness (QED) is 0.333. The molecule has 2 aliphatic rings. The molecule has 13 heteroatoms. The number of anilines is 2. The van der Waals surface area contributed by atoms with Crippen molar-refractivity contribution in [1.82, 2.24) is 14.9 Å². The summed E-state index contributed by atoms with van der Waals surface area (Å²) in [5, 5.41) is 2.66. The maximum absolute atomic E-state index is 13.2. The molecule has 0 aliphatic carbocycles. The Balaban J connectivity index is 1.40. The Labute approximate surface area is 265 Å². The predicted molar refractivity (Wildman–Crippen MR) is 166 cm³/mol. The van der Waals surface area contributed by atoms with Crippen molar-refractivity contribution in [3.8, 4) is 17.0 Å². The average molecular weight is 642 g/mol. The van der Waals surface area contributed by atoms with Gasteiger partial charge < -0.3 is 29.3 Å². The lowest BCUT2D eigenvalue weighted by Crippen LogP contribution is -2.50. The number of benzene rings is 1. The Kier molecular flexibility index (Phi) is 9.71. The number of halogens is 3. The molecule has 0 radical (unpaired) electrons. The highest BCUT2D eigenvalue weighted by Gasteiger charge is 2.31. The number of piperazine rings is 1. The third-order valence-electron chi connectivity index (χ3n) is 7.66. The van der Waals surface area contributed by atoms with Gasteiger partial charge in [-0.15, -0.1) is 0 Å². The highest BCUT2D eigenvalue weighted by Crippen LogP contribution is 2.35. The molecular weight excluding hydrogens is 603 g/mol. The molecular formula is C33H38F3N5O5. The molecule has 0 spiro atoms. The third-order valence-corrected chi connectivity index (χ3v) is 7.66. The maximum Gasteiger partial charge on any atom is 0.416 e. The largest absolute Gasteiger partial charge is 0.473 e. The Morgan fingerprint density at radius 3 is 2.37 bits per heavy atom. The number of aromatic nitrogens is 2. The summed E-state index contributed by atoms with van der Waals surface area (Å²) in [5.41, 5.74) is 1.51. The van der Waals surface area contributed by atoms with E-state index in [2.05, 4.69) is 15.2 Å². The number of nitrogens with one attached hydrogen (secondary N) is 1. The monoisotopic (exact) mass is 641 g/mol. The van der Waals surface area contributed by atoms with Gasteiger partial charge in [0.2, 0.25) is 5.88 Å². The van der Waals surface area contributed by atoms with E-state index in [4.69, 9.17) is 19.2 Å². The van der Waals surface area contributed by atoms with E-state index in [0.717, 1.165) is 30.7 Å². The van der Waals surface area contributed by atoms with E-state index < -0.39 is 23.2 Å². The topological polar surface area (TPSA) is 106 Å². The van der Waals surface area contributed by atoms with Crippen LogP contribution in [0.4, 0.5) is 29.3 Å². The molecule has 2 aromatic heterocycles. The van der Waals surface area contributed by atoms with Crippen LogP contribution in [0.3, 0.4) is 0 Å². The molecule has 5 rings (SSSR count). The Hall–Kier alpha value is -4.39. The molecule has 46 heavy (non-hydrogen) atoms. The summed E-state index contributed by atoms with van der Waals surface area (Å²) in [6.45, 7) is 10.5. The lowest BCUT2D eigenvalue weighted by molar-refractivity contribution is -0.137. The minimum Gasteiger partial charge on any atom is -0.473 e. The van der Waals surface area contributed by atoms with Gasteiger partial charge in [0.15, 0.2) is 0 Å². The molecule has 2 amide bonds. The van der Waals surface area contributed by atoms with Gasteiger partial charge in [0, 0.05) is 67.6 Å². The Morgan fingerprint density at radius 2 is 1.70 bits per heavy atom. The molecule has 2 fully saturated rings. The van der Waals surface area contributed by atoms with Crippen LogP contribution in [-0.2, 0) is 15.7 Å². The fourth-order valence-corrected chi connectivity index (χ4v) is 5.25. The molecule has 4 heterocycles. The third kappa shape index (κ3) is 8.25. The molecule has 0 saturated carbocycles. The Morgan fingerprint density at radius 1 is 0.978 bits per heavy atom. The minimum atomic E-state index is -4.57. The molecule has 0 atom stereocenters. The van der Waals surface area contributed by atoms with Crippen LogP contribution < -0.4 is 15.0 Å². The maximum atomic E-state index is 13.2. The Bertz CT molecular complexity index is 1560. The number of pyridine rings is 2. The normalized spacial score (nSPS) is 16.2. The van der Waals surface area contributed by atoms with Gasteiger partial charge in [-0.2, -0.15) is 13.2 Å². The summed E-state index contributed by atoms with van der Waals surface area (Å²) in [5.74, 6) is -0.217. The summed E-state index contributed by atoms with van der Waals surface area (Å²) in [6, 6.07) is 7.92. The summed E-state index contributed by atoms with van der Waals surface area (Å²) in [7, 11) is 0. The van der Waals surface area contributed by atoms with Crippen LogP contribution in [-0.4, -0.2) is 78.0 Å². The number of hydrogen-bond acceptors (Lipinski definition) is 8. The fraction of sp³-hybridized carbons (Fsp3) is 0.455. The van der Waals surface area contributed by atoms with Crippen molar-refractivity contribution >= 4 is 23.4 Å². The number of hydrogen-bond donors (Lipinski definition) is 1. The molecule has 10 nitrogen and oxygen atoms in total. The van der Waals surface area contributed by atoms with Gasteiger partial charge >= 0.3 is 12.3 Å². The molecule has 1 N–H and O–H groups in total. The first kappa shape index (κ1) is 33.0. The molecule has 1 aromatic carbocycles. The second kappa shape index (κ2) is 13.5. The molecule has 246 valence electrons. The average Bonchev–Trinajstić information content (AvgIpc) is 3.01. The first-order valence-corrected chi connectivity index (χ1v) is 15.2. The van der Waals surface area contributed by atoms with Crippen LogP contribution in [0.25, 0.3) is 11.1 Å². The first-order valence-electron chi connectivity index (χ1n) is 15.2. The van der Waals surface area contributed by atoms with Crippen LogP contribution in [0, 0.1) is 6.92 Å². The number of carbonyl (C=O) groups excluding carboxylic acids is 2. The van der Waals surface area contributed by atoms with Crippen LogP contribution >= 0.6 is 0 Å². The predicted octanol–water partition coefficient (Wildman–Crippen LogP) is 6.34. The number of ether oxygens (including phenoxy) is 3. The van der Waals surface area contributed by atoms with Gasteiger partial charge in [0.25, 0.3) is 5.91 Å². The summed E-state index contributed by atoms with van der Waals surface area (Å²) in [4.78, 5) is 38.5. The fourth-order valence-electron chi connectivity index (χ4n) is 5.25. The standard InChI is InChI=1S/C33H38F3N5O5/c1-21-27(18-25(20-37-21)39-29(42)22-6-5-7-24(16-22)33(34,35)36)23-17-28(30(38-19-23)45-26-8-14-44-15-9-26)40-10-12-41(13-11-40)31(43)46-32(2,3)4/h5-7,16-20,26H,8-15H2,1-4H3,(H,39,42). The van der Waals surface area contributed by atoms with Gasteiger partial charge in [-0.25, -0.2) is 9.78 Å². The van der Waals surface area contributed by atoms with E-state index in [1.165, 1.54) is 18.3 Å². The van der Waals surface area contributed by atoms with Crippen molar-refractivity contribution in [3.05, 3.63) is 65.6 Å². The van der Waals surface area contributed by atoms with Gasteiger partial charge in [0.05, 0.1) is 30.7 Å². The lowest BCUT2D eigenvalue weighted by atomic mass is 10.0. The van der Waals surface area contributed by atoms with E-state index in [1.54, 1.807) is 17.2 Å². The smallest absolute Gasteiger partial charge is 0.416 e. The number of carbonyl (C=O) groups is 2. The zero-order chi connectivity index (χ0) is 33.1.